The number of benzene rings is 1. The predicted molar refractivity (Wildman–Crippen MR) is 79.9 cm³/mol. The monoisotopic (exact) mass is 279 g/mol. The number of hydrogen-bond acceptors (Lipinski definition) is 3. The molecule has 0 unspecified atom stereocenters. The van der Waals surface area contributed by atoms with E-state index in [9.17, 15) is 4.79 Å². The topological polar surface area (TPSA) is 47.6 Å². The van der Waals surface area contributed by atoms with Crippen LogP contribution in [0.1, 0.15) is 45.7 Å². The van der Waals surface area contributed by atoms with Crippen molar-refractivity contribution in [1.82, 2.24) is 5.32 Å². The lowest BCUT2D eigenvalue weighted by Crippen LogP contribution is -2.30. The van der Waals surface area contributed by atoms with Gasteiger partial charge in [0.05, 0.1) is 13.2 Å². The molecule has 4 nitrogen and oxygen atoms in total. The molecule has 0 spiro atoms. The first-order valence-corrected chi connectivity index (χ1v) is 7.04. The summed E-state index contributed by atoms with van der Waals surface area (Å²) >= 11 is 0. The number of nitrogens with one attached hydrogen (secondary N) is 1. The molecule has 0 aliphatic heterocycles. The summed E-state index contributed by atoms with van der Waals surface area (Å²) in [6, 6.07) is 7.47. The fourth-order valence-corrected chi connectivity index (χ4v) is 2.21. The number of para-hydroxylation sites is 1. The molecule has 0 saturated carbocycles. The third kappa shape index (κ3) is 5.11. The molecule has 1 aromatic carbocycles. The van der Waals surface area contributed by atoms with Gasteiger partial charge >= 0.3 is 6.09 Å². The van der Waals surface area contributed by atoms with E-state index in [-0.39, 0.29) is 12.1 Å². The molecule has 4 heteroatoms. The second kappa shape index (κ2) is 7.78. The Hall–Kier alpha value is -1.71. The van der Waals surface area contributed by atoms with E-state index in [1.165, 1.54) is 0 Å². The molecule has 112 valence electrons. The van der Waals surface area contributed by atoms with Gasteiger partial charge < -0.3 is 14.8 Å². The van der Waals surface area contributed by atoms with Crippen molar-refractivity contribution >= 4 is 6.09 Å². The molecule has 0 radical (unpaired) electrons. The molecule has 0 bridgehead atoms. The summed E-state index contributed by atoms with van der Waals surface area (Å²) in [5.74, 6) is 1.26. The molecule has 1 N–H and O–H groups in total. The Bertz CT molecular complexity index is 431. The molecule has 20 heavy (non-hydrogen) atoms. The van der Waals surface area contributed by atoms with Crippen molar-refractivity contribution < 1.29 is 14.3 Å². The Morgan fingerprint density at radius 3 is 2.45 bits per heavy atom. The van der Waals surface area contributed by atoms with Crippen LogP contribution < -0.4 is 10.1 Å². The largest absolute Gasteiger partial charge is 0.496 e. The van der Waals surface area contributed by atoms with Crippen LogP contribution in [-0.4, -0.2) is 19.3 Å². The van der Waals surface area contributed by atoms with E-state index in [1.54, 1.807) is 7.11 Å². The summed E-state index contributed by atoms with van der Waals surface area (Å²) in [6.45, 7) is 8.03. The number of carbonyl (C=O) groups is 1. The van der Waals surface area contributed by atoms with Crippen LogP contribution in [0.25, 0.3) is 0 Å². The lowest BCUT2D eigenvalue weighted by atomic mass is 10.1. The number of carbonyl (C=O) groups excluding carboxylic acids is 1. The summed E-state index contributed by atoms with van der Waals surface area (Å²) in [4.78, 5) is 11.8. The minimum absolute atomic E-state index is 0.0835. The molecule has 0 aliphatic carbocycles. The van der Waals surface area contributed by atoms with Gasteiger partial charge in [-0.15, -0.1) is 0 Å². The molecule has 0 saturated heterocycles. The third-order valence-corrected chi connectivity index (χ3v) is 3.05. The van der Waals surface area contributed by atoms with Crippen LogP contribution in [-0.2, 0) is 4.74 Å². The van der Waals surface area contributed by atoms with Gasteiger partial charge in [-0.2, -0.15) is 0 Å². The van der Waals surface area contributed by atoms with Crippen molar-refractivity contribution in [1.29, 1.82) is 0 Å². The van der Waals surface area contributed by atoms with Gasteiger partial charge in [0.1, 0.15) is 11.9 Å². The van der Waals surface area contributed by atoms with Crippen molar-refractivity contribution in [3.05, 3.63) is 29.8 Å². The highest BCUT2D eigenvalue weighted by molar-refractivity contribution is 5.68. The summed E-state index contributed by atoms with van der Waals surface area (Å²) in [5, 5.41) is 2.83. The zero-order valence-corrected chi connectivity index (χ0v) is 13.0. The second-order valence-corrected chi connectivity index (χ2v) is 5.45. The molecular weight excluding hydrogens is 254 g/mol. The van der Waals surface area contributed by atoms with Crippen molar-refractivity contribution in [3.8, 4) is 5.75 Å². The van der Waals surface area contributed by atoms with E-state index in [0.29, 0.717) is 5.92 Å². The van der Waals surface area contributed by atoms with Gasteiger partial charge in [-0.3, -0.25) is 0 Å². The van der Waals surface area contributed by atoms with E-state index in [0.717, 1.165) is 17.7 Å². The average Bonchev–Trinajstić information content (AvgIpc) is 2.37. The fraction of sp³-hybridized carbons (Fsp3) is 0.562. The lowest BCUT2D eigenvalue weighted by molar-refractivity contribution is 0.0929. The maximum Gasteiger partial charge on any atom is 0.407 e. The van der Waals surface area contributed by atoms with Gasteiger partial charge in [0, 0.05) is 5.56 Å². The van der Waals surface area contributed by atoms with Gasteiger partial charge in [0.2, 0.25) is 0 Å². The smallest absolute Gasteiger partial charge is 0.407 e. The molecule has 0 heterocycles. The summed E-state index contributed by atoms with van der Waals surface area (Å²) in [5.41, 5.74) is 0.934. The van der Waals surface area contributed by atoms with E-state index >= 15 is 0 Å². The first kappa shape index (κ1) is 16.3. The summed E-state index contributed by atoms with van der Waals surface area (Å²) in [6.07, 6.45) is 0.382. The standard InChI is InChI=1S/C16H25NO3/c1-11(2)10-12(3)20-16(18)17-13(4)14-8-6-7-9-15(14)19-5/h6-9,11-13H,10H2,1-5H3,(H,17,18)/t12-,13+/m0/s1. The number of rotatable bonds is 6. The Balaban J connectivity index is 2.57. The van der Waals surface area contributed by atoms with Gasteiger partial charge in [0.25, 0.3) is 0 Å². The minimum Gasteiger partial charge on any atom is -0.496 e. The quantitative estimate of drug-likeness (QED) is 0.858. The Morgan fingerprint density at radius 1 is 1.20 bits per heavy atom. The molecule has 0 aliphatic rings. The van der Waals surface area contributed by atoms with Crippen LogP contribution >= 0.6 is 0 Å². The zero-order chi connectivity index (χ0) is 15.1. The van der Waals surface area contributed by atoms with Crippen molar-refractivity contribution in [3.63, 3.8) is 0 Å². The van der Waals surface area contributed by atoms with E-state index in [1.807, 2.05) is 38.1 Å². The van der Waals surface area contributed by atoms with Gasteiger partial charge in [-0.1, -0.05) is 32.0 Å². The van der Waals surface area contributed by atoms with Crippen LogP contribution in [0.4, 0.5) is 4.79 Å². The predicted octanol–water partition coefficient (Wildman–Crippen LogP) is 3.92. The first-order valence-electron chi connectivity index (χ1n) is 7.04. The molecule has 1 amide bonds. The van der Waals surface area contributed by atoms with E-state index in [4.69, 9.17) is 9.47 Å². The number of ether oxygens (including phenoxy) is 2. The number of amides is 1. The van der Waals surface area contributed by atoms with E-state index < -0.39 is 6.09 Å². The molecule has 2 atom stereocenters. The van der Waals surface area contributed by atoms with Crippen LogP contribution in [0, 0.1) is 5.92 Å². The van der Waals surface area contributed by atoms with Gasteiger partial charge in [-0.05, 0) is 32.3 Å². The van der Waals surface area contributed by atoms with Gasteiger partial charge in [0.15, 0.2) is 0 Å². The van der Waals surface area contributed by atoms with Crippen molar-refractivity contribution in [2.75, 3.05) is 7.11 Å². The zero-order valence-electron chi connectivity index (χ0n) is 13.0. The number of methoxy groups -OCH3 is 1. The average molecular weight is 279 g/mol. The second-order valence-electron chi connectivity index (χ2n) is 5.45. The van der Waals surface area contributed by atoms with Crippen LogP contribution in [0.5, 0.6) is 5.75 Å². The van der Waals surface area contributed by atoms with Crippen LogP contribution in [0.3, 0.4) is 0 Å². The highest BCUT2D eigenvalue weighted by Gasteiger charge is 2.16. The van der Waals surface area contributed by atoms with Crippen molar-refractivity contribution in [2.45, 2.75) is 46.3 Å². The third-order valence-electron chi connectivity index (χ3n) is 3.05. The number of hydrogen-bond donors (Lipinski definition) is 1. The normalized spacial score (nSPS) is 13.7. The van der Waals surface area contributed by atoms with Crippen LogP contribution in [0.15, 0.2) is 24.3 Å². The van der Waals surface area contributed by atoms with Crippen LogP contribution in [0.2, 0.25) is 0 Å². The van der Waals surface area contributed by atoms with Gasteiger partial charge in [-0.25, -0.2) is 4.79 Å². The summed E-state index contributed by atoms with van der Waals surface area (Å²) < 4.78 is 10.6. The highest BCUT2D eigenvalue weighted by Crippen LogP contribution is 2.24. The van der Waals surface area contributed by atoms with Crippen molar-refractivity contribution in [2.24, 2.45) is 5.92 Å². The molecular formula is C16H25NO3. The Morgan fingerprint density at radius 2 is 1.85 bits per heavy atom. The number of alkyl carbamates (subject to hydrolysis) is 1. The SMILES string of the molecule is COc1ccccc1[C@@H](C)NC(=O)O[C@@H](C)CC(C)C. The maximum absolute atomic E-state index is 11.8. The Labute approximate surface area is 121 Å². The highest BCUT2D eigenvalue weighted by atomic mass is 16.6. The molecule has 1 rings (SSSR count). The molecule has 0 fully saturated rings. The molecule has 0 aromatic heterocycles. The summed E-state index contributed by atoms with van der Waals surface area (Å²) in [7, 11) is 1.62. The first-order chi connectivity index (χ1) is 9.43. The Kier molecular flexibility index (Phi) is 6.36. The molecule has 1 aromatic rings. The lowest BCUT2D eigenvalue weighted by Gasteiger charge is -2.20. The minimum atomic E-state index is -0.392. The maximum atomic E-state index is 11.8. The van der Waals surface area contributed by atoms with E-state index in [2.05, 4.69) is 19.2 Å². The fourth-order valence-electron chi connectivity index (χ4n) is 2.21.